The molecule has 0 aromatic carbocycles. The number of hydrogen-bond acceptors (Lipinski definition) is 4. The summed E-state index contributed by atoms with van der Waals surface area (Å²) in [5.74, 6) is 0.00431. The van der Waals surface area contributed by atoms with Crippen LogP contribution in [0.3, 0.4) is 0 Å². The van der Waals surface area contributed by atoms with Crippen molar-refractivity contribution in [1.29, 1.82) is 0 Å². The third-order valence-electron chi connectivity index (χ3n) is 2.51. The Bertz CT molecular complexity index is 430. The third kappa shape index (κ3) is 2.90. The van der Waals surface area contributed by atoms with Gasteiger partial charge in [0, 0.05) is 6.42 Å². The monoisotopic (exact) mass is 252 g/mol. The number of hydrogen-bond donors (Lipinski definition) is 1. The number of rotatable bonds is 5. The lowest BCUT2D eigenvalue weighted by molar-refractivity contribution is 0.0472. The molecular weight excluding hydrogens is 232 g/mol. The van der Waals surface area contributed by atoms with Crippen LogP contribution >= 0.6 is 0 Å². The molecule has 18 heavy (non-hydrogen) atoms. The van der Waals surface area contributed by atoms with Crippen molar-refractivity contribution in [2.45, 2.75) is 46.1 Å². The van der Waals surface area contributed by atoms with Crippen LogP contribution in [0.1, 0.15) is 56.1 Å². The molecule has 2 radical (unpaired) electrons. The first kappa shape index (κ1) is 14.7. The Morgan fingerprint density at radius 3 is 2.56 bits per heavy atom. The molecule has 0 bridgehead atoms. The van der Waals surface area contributed by atoms with Crippen LogP contribution in [-0.4, -0.2) is 27.2 Å². The second kappa shape index (κ2) is 5.52. The molecule has 0 unspecified atom stereocenters. The SMILES string of the molecule is [CH]n1c(CCC)nc(C(C)(C)O)c1C(=O)OCC. The predicted octanol–water partition coefficient (Wildman–Crippen LogP) is 1.76. The summed E-state index contributed by atoms with van der Waals surface area (Å²) >= 11 is 0. The minimum absolute atomic E-state index is 0.118. The van der Waals surface area contributed by atoms with Crippen LogP contribution in [0.15, 0.2) is 0 Å². The van der Waals surface area contributed by atoms with Gasteiger partial charge in [-0.25, -0.2) is 9.78 Å². The van der Waals surface area contributed by atoms with E-state index in [0.29, 0.717) is 12.2 Å². The normalized spacial score (nSPS) is 11.7. The number of imidazole rings is 1. The largest absolute Gasteiger partial charge is 0.461 e. The van der Waals surface area contributed by atoms with Gasteiger partial charge >= 0.3 is 5.97 Å². The summed E-state index contributed by atoms with van der Waals surface area (Å²) in [6.45, 7) is 7.08. The lowest BCUT2D eigenvalue weighted by Crippen LogP contribution is -2.22. The molecule has 5 heteroatoms. The number of carbonyl (C=O) groups excluding carboxylic acids is 1. The molecule has 0 aliphatic rings. The first-order valence-corrected chi connectivity index (χ1v) is 6.09. The Kier molecular flexibility index (Phi) is 4.51. The Morgan fingerprint density at radius 2 is 2.11 bits per heavy atom. The van der Waals surface area contributed by atoms with E-state index in [0.717, 1.165) is 6.42 Å². The maximum absolute atomic E-state index is 11.9. The molecule has 100 valence electrons. The first-order valence-electron chi connectivity index (χ1n) is 6.09. The molecule has 0 aliphatic carbocycles. The van der Waals surface area contributed by atoms with Crippen molar-refractivity contribution in [3.63, 3.8) is 0 Å². The summed E-state index contributed by atoms with van der Waals surface area (Å²) in [5, 5.41) is 10.1. The summed E-state index contributed by atoms with van der Waals surface area (Å²) < 4.78 is 6.16. The highest BCUT2D eigenvalue weighted by atomic mass is 16.5. The fourth-order valence-corrected chi connectivity index (χ4v) is 1.70. The second-order valence-corrected chi connectivity index (χ2v) is 4.62. The van der Waals surface area contributed by atoms with Crippen LogP contribution in [0.5, 0.6) is 0 Å². The van der Waals surface area contributed by atoms with Crippen LogP contribution in [-0.2, 0) is 16.8 Å². The van der Waals surface area contributed by atoms with Crippen LogP contribution in [0, 0.1) is 7.05 Å². The number of aryl methyl sites for hydroxylation is 1. The molecule has 0 saturated heterocycles. The van der Waals surface area contributed by atoms with Gasteiger partial charge in [-0.2, -0.15) is 0 Å². The van der Waals surface area contributed by atoms with Crippen molar-refractivity contribution < 1.29 is 14.6 Å². The molecule has 5 nitrogen and oxygen atoms in total. The van der Waals surface area contributed by atoms with Gasteiger partial charge in [-0.05, 0) is 27.2 Å². The van der Waals surface area contributed by atoms with Crippen molar-refractivity contribution >= 4 is 5.97 Å². The lowest BCUT2D eigenvalue weighted by Gasteiger charge is -2.16. The number of esters is 1. The number of carbonyl (C=O) groups is 1. The van der Waals surface area contributed by atoms with Gasteiger partial charge in [0.15, 0.2) is 5.69 Å². The van der Waals surface area contributed by atoms with Gasteiger partial charge in [-0.15, -0.1) is 0 Å². The fourth-order valence-electron chi connectivity index (χ4n) is 1.70. The Morgan fingerprint density at radius 1 is 1.50 bits per heavy atom. The van der Waals surface area contributed by atoms with Crippen molar-refractivity contribution in [2.24, 2.45) is 0 Å². The summed E-state index contributed by atoms with van der Waals surface area (Å²) in [7, 11) is 5.86. The zero-order chi connectivity index (χ0) is 13.9. The molecule has 0 amide bonds. The Hall–Kier alpha value is -1.36. The van der Waals surface area contributed by atoms with Gasteiger partial charge in [0.05, 0.1) is 13.7 Å². The number of ether oxygens (including phenoxy) is 1. The predicted molar refractivity (Wildman–Crippen MR) is 67.1 cm³/mol. The van der Waals surface area contributed by atoms with Gasteiger partial charge in [0.2, 0.25) is 0 Å². The highest BCUT2D eigenvalue weighted by molar-refractivity contribution is 5.89. The standard InChI is InChI=1S/C13H20N2O3/c1-6-8-9-14-11(13(3,4)17)10(15(9)5)12(16)18-7-2/h5,17H,6-8H2,1-4H3. The van der Waals surface area contributed by atoms with E-state index in [1.807, 2.05) is 6.92 Å². The molecule has 1 aromatic heterocycles. The first-order chi connectivity index (χ1) is 8.32. The molecular formula is C13H20N2O3. The van der Waals surface area contributed by atoms with Crippen LogP contribution < -0.4 is 0 Å². The van der Waals surface area contributed by atoms with E-state index in [9.17, 15) is 9.90 Å². The van der Waals surface area contributed by atoms with E-state index < -0.39 is 11.6 Å². The van der Waals surface area contributed by atoms with E-state index in [-0.39, 0.29) is 18.0 Å². The highest BCUT2D eigenvalue weighted by Gasteiger charge is 2.31. The van der Waals surface area contributed by atoms with Crippen LogP contribution in [0.2, 0.25) is 0 Å². The van der Waals surface area contributed by atoms with E-state index in [2.05, 4.69) is 4.98 Å². The van der Waals surface area contributed by atoms with Gasteiger partial charge in [-0.1, -0.05) is 6.92 Å². The minimum atomic E-state index is -1.24. The quantitative estimate of drug-likeness (QED) is 0.811. The van der Waals surface area contributed by atoms with E-state index in [1.165, 1.54) is 4.57 Å². The maximum atomic E-state index is 11.9. The van der Waals surface area contributed by atoms with Crippen LogP contribution in [0.4, 0.5) is 0 Å². The lowest BCUT2D eigenvalue weighted by atomic mass is 10.0. The average Bonchev–Trinajstić information content (AvgIpc) is 2.57. The van der Waals surface area contributed by atoms with Gasteiger partial charge < -0.3 is 14.4 Å². The number of nitrogens with zero attached hydrogens (tertiary/aromatic N) is 2. The molecule has 0 spiro atoms. The Labute approximate surface area is 108 Å². The van der Waals surface area contributed by atoms with Crippen molar-refractivity contribution in [3.8, 4) is 0 Å². The smallest absolute Gasteiger partial charge is 0.357 e. The topological polar surface area (TPSA) is 64.3 Å². The number of aromatic nitrogens is 2. The summed E-state index contributed by atoms with van der Waals surface area (Å²) in [4.78, 5) is 16.1. The zero-order valence-corrected chi connectivity index (χ0v) is 11.4. The van der Waals surface area contributed by atoms with E-state index in [1.54, 1.807) is 20.8 Å². The van der Waals surface area contributed by atoms with Gasteiger partial charge in [0.25, 0.3) is 0 Å². The molecule has 0 fully saturated rings. The molecule has 1 heterocycles. The second-order valence-electron chi connectivity index (χ2n) is 4.62. The molecule has 0 saturated carbocycles. The summed E-state index contributed by atoms with van der Waals surface area (Å²) in [5.41, 5.74) is -0.866. The van der Waals surface area contributed by atoms with Crippen LogP contribution in [0.25, 0.3) is 0 Å². The molecule has 0 aliphatic heterocycles. The maximum Gasteiger partial charge on any atom is 0.357 e. The van der Waals surface area contributed by atoms with Crippen molar-refractivity contribution in [1.82, 2.24) is 9.55 Å². The van der Waals surface area contributed by atoms with Gasteiger partial charge in [-0.3, -0.25) is 0 Å². The van der Waals surface area contributed by atoms with E-state index >= 15 is 0 Å². The van der Waals surface area contributed by atoms with Crippen molar-refractivity contribution in [3.05, 3.63) is 24.3 Å². The minimum Gasteiger partial charge on any atom is -0.461 e. The highest BCUT2D eigenvalue weighted by Crippen LogP contribution is 2.25. The average molecular weight is 252 g/mol. The van der Waals surface area contributed by atoms with E-state index in [4.69, 9.17) is 11.8 Å². The third-order valence-corrected chi connectivity index (χ3v) is 2.51. The summed E-state index contributed by atoms with van der Waals surface area (Å²) in [6.07, 6.45) is 1.49. The molecule has 1 rings (SSSR count). The van der Waals surface area contributed by atoms with Crippen molar-refractivity contribution in [2.75, 3.05) is 6.61 Å². The van der Waals surface area contributed by atoms with Gasteiger partial charge in [0.1, 0.15) is 17.1 Å². The number of aliphatic hydroxyl groups is 1. The molecule has 1 N–H and O–H groups in total. The zero-order valence-electron chi connectivity index (χ0n) is 11.4. The fraction of sp³-hybridized carbons (Fsp3) is 0.615. The molecule has 1 aromatic rings. The molecule has 0 atom stereocenters. The Balaban J connectivity index is 3.31. The summed E-state index contributed by atoms with van der Waals surface area (Å²) in [6, 6.07) is 0.